The van der Waals surface area contributed by atoms with Crippen LogP contribution in [0.5, 0.6) is 0 Å². The van der Waals surface area contributed by atoms with Crippen LogP contribution in [-0.4, -0.2) is 6.41 Å². The molecule has 0 rings (SSSR count). The lowest BCUT2D eigenvalue weighted by atomic mass is 11.4. The van der Waals surface area contributed by atoms with Gasteiger partial charge in [-0.25, -0.2) is 5.84 Å². The van der Waals surface area contributed by atoms with E-state index in [4.69, 9.17) is 4.79 Å². The van der Waals surface area contributed by atoms with E-state index in [-0.39, 0.29) is 0 Å². The summed E-state index contributed by atoms with van der Waals surface area (Å²) in [7, 11) is 0. The molecule has 3 N–H and O–H groups in total. The summed E-state index contributed by atoms with van der Waals surface area (Å²) >= 11 is 0. The third-order valence-corrected chi connectivity index (χ3v) is 0.0589. The maximum atomic E-state index is 8.81. The largest absolute Gasteiger partial charge is 0.324 e. The van der Waals surface area contributed by atoms with Gasteiger partial charge in [-0.3, -0.25) is 10.2 Å². The van der Waals surface area contributed by atoms with Gasteiger partial charge in [0.25, 0.3) is 0 Å². The van der Waals surface area contributed by atoms with E-state index in [0.717, 1.165) is 0 Å². The van der Waals surface area contributed by atoms with Crippen molar-refractivity contribution in [3.8, 4) is 0 Å². The van der Waals surface area contributed by atoms with Crippen LogP contribution in [0.25, 0.3) is 0 Å². The predicted octanol–water partition coefficient (Wildman–Crippen LogP) is -1.48. The predicted molar refractivity (Wildman–Crippen MR) is 13.0 cm³/mol. The number of hydrogen-bond acceptors (Lipinski definition) is 2. The van der Waals surface area contributed by atoms with Crippen molar-refractivity contribution in [3.63, 3.8) is 0 Å². The Morgan fingerprint density at radius 1 is 2.00 bits per heavy atom. The Balaban J connectivity index is 2.30. The summed E-state index contributed by atoms with van der Waals surface area (Å²) in [6, 6.07) is 0. The first-order chi connectivity index (χ1) is 1.91. The van der Waals surface area contributed by atoms with Crippen molar-refractivity contribution >= 4 is 6.41 Å². The molecule has 0 saturated carbocycles. The smallest absolute Gasteiger partial charge is 0.286 e. The molecule has 0 aliphatic rings. The molecule has 4 heavy (non-hydrogen) atoms. The number of hydrazine groups is 1. The normalized spacial score (nSPS) is 5.25. The van der Waals surface area contributed by atoms with E-state index in [1.807, 2.05) is 0 Å². The van der Waals surface area contributed by atoms with Gasteiger partial charge in [-0.05, 0) is 0 Å². The number of rotatable bonds is 1. The molecule has 1 radical (unpaired) electrons. The highest BCUT2D eigenvalue weighted by atomic mass is 16.1. The standard InChI is InChI=1S/CH3N2O/c2-3-1-4/h2H2,(H,3,4). The molecule has 0 aromatic rings. The molecule has 0 fully saturated rings. The van der Waals surface area contributed by atoms with Crippen LogP contribution in [0.4, 0.5) is 0 Å². The molecule has 0 aliphatic heterocycles. The molecule has 0 aromatic carbocycles. The Morgan fingerprint density at radius 3 is 2.25 bits per heavy atom. The minimum atomic E-state index is 1.21. The number of carbonyl (C=O) groups excluding carboxylic acids is 1. The molecule has 0 aliphatic carbocycles. The second kappa shape index (κ2) is 2.43. The van der Waals surface area contributed by atoms with Gasteiger partial charge in [0.05, 0.1) is 0 Å². The first-order valence-corrected chi connectivity index (χ1v) is 0.743. The molecular weight excluding hydrogens is 56.0 g/mol. The van der Waals surface area contributed by atoms with Crippen LogP contribution in [0.1, 0.15) is 0 Å². The van der Waals surface area contributed by atoms with Gasteiger partial charge >= 0.3 is 6.41 Å². The van der Waals surface area contributed by atoms with Crippen molar-refractivity contribution in [1.82, 2.24) is 5.43 Å². The SMILES string of the molecule is NN[C]=O. The topological polar surface area (TPSA) is 55.1 Å². The highest BCUT2D eigenvalue weighted by Crippen LogP contribution is 0.998. The van der Waals surface area contributed by atoms with E-state index in [9.17, 15) is 0 Å². The Bertz CT molecular complexity index is 20.0. The minimum Gasteiger partial charge on any atom is -0.286 e. The summed E-state index contributed by atoms with van der Waals surface area (Å²) in [5.41, 5.74) is 1.62. The molecule has 23 valence electrons. The molecule has 3 nitrogen and oxygen atoms in total. The van der Waals surface area contributed by atoms with Crippen LogP contribution >= 0.6 is 0 Å². The van der Waals surface area contributed by atoms with Gasteiger partial charge in [-0.1, -0.05) is 0 Å². The molecule has 0 heterocycles. The van der Waals surface area contributed by atoms with E-state index in [0.29, 0.717) is 0 Å². The van der Waals surface area contributed by atoms with Crippen LogP contribution in [0.3, 0.4) is 0 Å². The van der Waals surface area contributed by atoms with Crippen LogP contribution in [0, 0.1) is 0 Å². The minimum absolute atomic E-state index is 1.21. The lowest BCUT2D eigenvalue weighted by molar-refractivity contribution is 0.544. The zero-order valence-electron chi connectivity index (χ0n) is 1.99. The van der Waals surface area contributed by atoms with Gasteiger partial charge in [0.15, 0.2) is 0 Å². The lowest BCUT2D eigenvalue weighted by Crippen LogP contribution is -2.18. The average molecular weight is 59.0 g/mol. The third-order valence-electron chi connectivity index (χ3n) is 0.0589. The molecule has 0 saturated heterocycles. The Morgan fingerprint density at radius 2 is 2.25 bits per heavy atom. The highest BCUT2D eigenvalue weighted by molar-refractivity contribution is 5.45. The average Bonchev–Trinajstić information content (AvgIpc) is 1.37. The lowest BCUT2D eigenvalue weighted by Gasteiger charge is -1.63. The summed E-state index contributed by atoms with van der Waals surface area (Å²) in [5, 5.41) is 0. The molecule has 0 atom stereocenters. The van der Waals surface area contributed by atoms with Crippen LogP contribution < -0.4 is 11.3 Å². The van der Waals surface area contributed by atoms with Crippen molar-refractivity contribution in [2.45, 2.75) is 0 Å². The second-order valence-corrected chi connectivity index (χ2v) is 0.246. The highest BCUT2D eigenvalue weighted by Gasteiger charge is 1.47. The van der Waals surface area contributed by atoms with Crippen molar-refractivity contribution in [2.24, 2.45) is 5.84 Å². The fraction of sp³-hybridized carbons (Fsp3) is 0. The number of nitrogens with one attached hydrogen (secondary N) is 1. The van der Waals surface area contributed by atoms with E-state index < -0.39 is 0 Å². The Kier molecular flexibility index (Phi) is 2.08. The molecule has 0 spiro atoms. The number of amides is 1. The fourth-order valence-corrected chi connectivity index (χ4v) is 0. The van der Waals surface area contributed by atoms with Crippen LogP contribution in [0.15, 0.2) is 0 Å². The molecule has 3 heteroatoms. The van der Waals surface area contributed by atoms with E-state index in [1.54, 1.807) is 5.43 Å². The molecule has 0 unspecified atom stereocenters. The quantitative estimate of drug-likeness (QED) is 0.167. The van der Waals surface area contributed by atoms with Gasteiger partial charge in [0.1, 0.15) is 0 Å². The van der Waals surface area contributed by atoms with Gasteiger partial charge in [-0.2, -0.15) is 0 Å². The van der Waals surface area contributed by atoms with Crippen molar-refractivity contribution in [1.29, 1.82) is 0 Å². The van der Waals surface area contributed by atoms with Crippen molar-refractivity contribution in [3.05, 3.63) is 0 Å². The Hall–Kier alpha value is -0.570. The summed E-state index contributed by atoms with van der Waals surface area (Å²) in [5.74, 6) is 4.35. The Labute approximate surface area is 23.8 Å². The third kappa shape index (κ3) is 1.43. The number of hydrogen-bond donors (Lipinski definition) is 2. The fourth-order valence-electron chi connectivity index (χ4n) is 0. The number of nitrogens with two attached hydrogens (primary N) is 1. The monoisotopic (exact) mass is 59.0 g/mol. The summed E-state index contributed by atoms with van der Waals surface area (Å²) in [6.07, 6.45) is 1.21. The summed E-state index contributed by atoms with van der Waals surface area (Å²) in [6.45, 7) is 0. The maximum absolute atomic E-state index is 8.81. The van der Waals surface area contributed by atoms with Crippen molar-refractivity contribution < 1.29 is 4.79 Å². The summed E-state index contributed by atoms with van der Waals surface area (Å²) < 4.78 is 0. The van der Waals surface area contributed by atoms with E-state index >= 15 is 0 Å². The van der Waals surface area contributed by atoms with E-state index in [2.05, 4.69) is 5.84 Å². The first kappa shape index (κ1) is 3.43. The zero-order valence-corrected chi connectivity index (χ0v) is 1.99. The van der Waals surface area contributed by atoms with Gasteiger partial charge in [0.2, 0.25) is 0 Å². The van der Waals surface area contributed by atoms with Gasteiger partial charge < -0.3 is 0 Å². The molecular formula is CH3N2O. The first-order valence-electron chi connectivity index (χ1n) is 0.743. The van der Waals surface area contributed by atoms with Crippen molar-refractivity contribution in [2.75, 3.05) is 0 Å². The maximum Gasteiger partial charge on any atom is 0.324 e. The van der Waals surface area contributed by atoms with Gasteiger partial charge in [-0.15, -0.1) is 0 Å². The molecule has 0 bridgehead atoms. The van der Waals surface area contributed by atoms with Crippen LogP contribution in [0.2, 0.25) is 0 Å². The molecule has 0 aromatic heterocycles. The van der Waals surface area contributed by atoms with E-state index in [1.165, 1.54) is 6.41 Å². The van der Waals surface area contributed by atoms with Gasteiger partial charge in [0, 0.05) is 0 Å². The van der Waals surface area contributed by atoms with Crippen LogP contribution in [-0.2, 0) is 4.79 Å². The summed E-state index contributed by atoms with van der Waals surface area (Å²) in [4.78, 5) is 8.81. The second-order valence-electron chi connectivity index (χ2n) is 0.246. The zero-order chi connectivity index (χ0) is 3.41. The molecule has 1 amide bonds.